The van der Waals surface area contributed by atoms with Crippen molar-refractivity contribution >= 4 is 29.0 Å². The Morgan fingerprint density at radius 3 is 2.44 bits per heavy atom. The molecule has 2 fully saturated rings. The van der Waals surface area contributed by atoms with Crippen molar-refractivity contribution < 1.29 is 34.2 Å². The zero-order chi connectivity index (χ0) is 23.7. The van der Waals surface area contributed by atoms with Crippen LogP contribution in [0.1, 0.15) is 27.9 Å². The number of ketones is 4. The molecule has 10 heteroatoms. The van der Waals surface area contributed by atoms with Crippen LogP contribution < -0.4 is 5.73 Å². The fourth-order valence-electron chi connectivity index (χ4n) is 5.71. The molecule has 0 spiro atoms. The van der Waals surface area contributed by atoms with E-state index < -0.39 is 70.1 Å². The number of hydrogen-bond donors (Lipinski definition) is 3. The van der Waals surface area contributed by atoms with Gasteiger partial charge in [0.1, 0.15) is 5.75 Å². The molecule has 166 valence electrons. The second kappa shape index (κ2) is 7.05. The molecule has 10 nitrogen and oxygen atoms in total. The Morgan fingerprint density at radius 1 is 1.22 bits per heavy atom. The number of nitrogens with two attached hydrogens (primary N) is 1. The van der Waals surface area contributed by atoms with Gasteiger partial charge in [-0.3, -0.25) is 28.9 Å². The fourth-order valence-corrected chi connectivity index (χ4v) is 5.71. The lowest BCUT2D eigenvalue weighted by Crippen LogP contribution is -2.74. The molecule has 1 amide bonds. The summed E-state index contributed by atoms with van der Waals surface area (Å²) in [6, 6.07) is 3.36. The molecular formula is C22H21N3O7. The van der Waals surface area contributed by atoms with Gasteiger partial charge in [-0.25, -0.2) is 0 Å². The SMILES string of the molecule is CN(C)C1C(=O)C(C(N)=O)C(=O)C2(O)C(=O)C3C(=O)c4c(O)ccc(C#N)c4CC3CC12. The van der Waals surface area contributed by atoms with Gasteiger partial charge in [-0.15, -0.1) is 0 Å². The number of phenolic OH excluding ortho intramolecular Hbond substituents is 1. The average molecular weight is 439 g/mol. The van der Waals surface area contributed by atoms with E-state index in [1.54, 1.807) is 0 Å². The molecule has 4 rings (SSSR count). The summed E-state index contributed by atoms with van der Waals surface area (Å²) >= 11 is 0. The van der Waals surface area contributed by atoms with E-state index >= 15 is 0 Å². The van der Waals surface area contributed by atoms with Gasteiger partial charge in [0.2, 0.25) is 5.91 Å². The summed E-state index contributed by atoms with van der Waals surface area (Å²) in [6.07, 6.45) is 0.0214. The molecule has 4 N–H and O–H groups in total. The molecule has 0 radical (unpaired) electrons. The normalized spacial score (nSPS) is 33.9. The zero-order valence-corrected chi connectivity index (χ0v) is 17.4. The Morgan fingerprint density at radius 2 is 1.88 bits per heavy atom. The van der Waals surface area contributed by atoms with Gasteiger partial charge >= 0.3 is 0 Å². The van der Waals surface area contributed by atoms with Gasteiger partial charge < -0.3 is 15.9 Å². The summed E-state index contributed by atoms with van der Waals surface area (Å²) in [7, 11) is 3.03. The highest BCUT2D eigenvalue weighted by Gasteiger charge is 2.69. The first kappa shape index (κ1) is 21.8. The number of benzene rings is 1. The number of phenols is 1. The third kappa shape index (κ3) is 2.61. The Labute approximate surface area is 182 Å². The van der Waals surface area contributed by atoms with Crippen LogP contribution in [0.25, 0.3) is 0 Å². The molecule has 0 aromatic heterocycles. The van der Waals surface area contributed by atoms with Crippen LogP contribution in [0.15, 0.2) is 12.1 Å². The molecule has 0 bridgehead atoms. The van der Waals surface area contributed by atoms with Crippen LogP contribution in [0.2, 0.25) is 0 Å². The molecule has 3 aliphatic rings. The minimum Gasteiger partial charge on any atom is -0.507 e. The molecule has 6 atom stereocenters. The second-order valence-corrected chi connectivity index (χ2v) is 8.89. The number of amides is 1. The molecule has 1 aromatic carbocycles. The Bertz CT molecular complexity index is 1150. The predicted octanol–water partition coefficient (Wildman–Crippen LogP) is -1.26. The maximum atomic E-state index is 13.5. The first-order valence-corrected chi connectivity index (χ1v) is 10.1. The van der Waals surface area contributed by atoms with Crippen molar-refractivity contribution in [1.82, 2.24) is 4.90 Å². The number of rotatable bonds is 2. The molecule has 1 aromatic rings. The smallest absolute Gasteiger partial charge is 0.235 e. The molecule has 3 aliphatic carbocycles. The molecule has 32 heavy (non-hydrogen) atoms. The van der Waals surface area contributed by atoms with E-state index in [0.29, 0.717) is 5.56 Å². The van der Waals surface area contributed by atoms with Crippen molar-refractivity contribution in [3.8, 4) is 11.8 Å². The van der Waals surface area contributed by atoms with Crippen molar-refractivity contribution in [3.63, 3.8) is 0 Å². The summed E-state index contributed by atoms with van der Waals surface area (Å²) in [4.78, 5) is 66.2. The first-order chi connectivity index (χ1) is 15.0. The Balaban J connectivity index is 1.90. The van der Waals surface area contributed by atoms with Gasteiger partial charge in [-0.05, 0) is 50.6 Å². The van der Waals surface area contributed by atoms with Crippen molar-refractivity contribution in [2.24, 2.45) is 29.4 Å². The number of likely N-dealkylation sites (N-methyl/N-ethyl adjacent to an activating group) is 1. The number of nitriles is 1. The molecule has 0 aliphatic heterocycles. The van der Waals surface area contributed by atoms with Crippen molar-refractivity contribution in [2.75, 3.05) is 14.1 Å². The van der Waals surface area contributed by atoms with Crippen LogP contribution in [0.5, 0.6) is 5.75 Å². The number of aliphatic hydroxyl groups is 1. The minimum atomic E-state index is -2.75. The van der Waals surface area contributed by atoms with Gasteiger partial charge in [0.05, 0.1) is 29.2 Å². The molecule has 0 saturated heterocycles. The maximum Gasteiger partial charge on any atom is 0.235 e. The second-order valence-electron chi connectivity index (χ2n) is 8.89. The summed E-state index contributed by atoms with van der Waals surface area (Å²) in [5, 5.41) is 31.1. The van der Waals surface area contributed by atoms with Crippen LogP contribution in [0.4, 0.5) is 0 Å². The van der Waals surface area contributed by atoms with E-state index in [1.807, 2.05) is 6.07 Å². The van der Waals surface area contributed by atoms with E-state index in [9.17, 15) is 39.4 Å². The van der Waals surface area contributed by atoms with E-state index in [0.717, 1.165) is 0 Å². The summed E-state index contributed by atoms with van der Waals surface area (Å²) in [5.74, 6) is -11.1. The van der Waals surface area contributed by atoms with Gasteiger partial charge in [-0.1, -0.05) is 0 Å². The van der Waals surface area contributed by atoms with Crippen molar-refractivity contribution in [1.29, 1.82) is 5.26 Å². The highest BCUT2D eigenvalue weighted by Crippen LogP contribution is 2.50. The zero-order valence-electron chi connectivity index (χ0n) is 17.4. The van der Waals surface area contributed by atoms with Crippen LogP contribution in [-0.4, -0.2) is 69.9 Å². The topological polar surface area (TPSA) is 179 Å². The van der Waals surface area contributed by atoms with Crippen LogP contribution in [-0.2, 0) is 25.6 Å². The number of fused-ring (bicyclic) bond motifs is 3. The minimum absolute atomic E-state index is 0.0512. The highest BCUT2D eigenvalue weighted by atomic mass is 16.3. The van der Waals surface area contributed by atoms with Gasteiger partial charge in [0.25, 0.3) is 0 Å². The number of aromatic hydroxyl groups is 1. The number of hydrogen-bond acceptors (Lipinski definition) is 9. The van der Waals surface area contributed by atoms with Gasteiger partial charge in [0, 0.05) is 5.92 Å². The lowest BCUT2D eigenvalue weighted by Gasteiger charge is -2.52. The van der Waals surface area contributed by atoms with Crippen molar-refractivity contribution in [2.45, 2.75) is 24.5 Å². The summed E-state index contributed by atoms with van der Waals surface area (Å²) < 4.78 is 0. The van der Waals surface area contributed by atoms with Crippen LogP contribution in [0, 0.1) is 35.0 Å². The molecular weight excluding hydrogens is 418 g/mol. The van der Waals surface area contributed by atoms with E-state index in [4.69, 9.17) is 5.73 Å². The highest BCUT2D eigenvalue weighted by molar-refractivity contribution is 6.32. The first-order valence-electron chi connectivity index (χ1n) is 10.1. The number of nitrogens with zero attached hydrogens (tertiary/aromatic N) is 2. The quantitative estimate of drug-likeness (QED) is 0.474. The monoisotopic (exact) mass is 439 g/mol. The summed E-state index contributed by atoms with van der Waals surface area (Å²) in [6.45, 7) is 0. The number of carbonyl (C=O) groups is 5. The fraction of sp³-hybridized carbons (Fsp3) is 0.455. The Kier molecular flexibility index (Phi) is 4.80. The third-order valence-corrected chi connectivity index (χ3v) is 7.07. The van der Waals surface area contributed by atoms with Crippen LogP contribution in [0.3, 0.4) is 0 Å². The van der Waals surface area contributed by atoms with E-state index in [2.05, 4.69) is 0 Å². The van der Waals surface area contributed by atoms with Gasteiger partial charge in [0.15, 0.2) is 34.7 Å². The lowest BCUT2D eigenvalue weighted by atomic mass is 9.52. The average Bonchev–Trinajstić information content (AvgIpc) is 2.70. The van der Waals surface area contributed by atoms with E-state index in [1.165, 1.54) is 31.1 Å². The lowest BCUT2D eigenvalue weighted by molar-refractivity contribution is -0.181. The molecule has 2 saturated carbocycles. The Hall–Kier alpha value is -3.42. The standard InChI is InChI=1S/C22H21N3O7/c1-25(2)16-11-6-9-5-10-8(7-23)3-4-12(26)14(10)17(27)13(9)19(29)22(11,32)20(30)15(18(16)28)21(24)31/h3-4,9,11,13,15-16,26,32H,5-6H2,1-2H3,(H2,24,31). The molecule has 0 heterocycles. The summed E-state index contributed by atoms with van der Waals surface area (Å²) in [5.41, 5.74) is 2.79. The number of carbonyl (C=O) groups excluding carboxylic acids is 5. The maximum absolute atomic E-state index is 13.5. The van der Waals surface area contributed by atoms with Crippen molar-refractivity contribution in [3.05, 3.63) is 28.8 Å². The van der Waals surface area contributed by atoms with Gasteiger partial charge in [-0.2, -0.15) is 5.26 Å². The van der Waals surface area contributed by atoms with E-state index in [-0.39, 0.29) is 24.0 Å². The predicted molar refractivity (Wildman–Crippen MR) is 106 cm³/mol. The third-order valence-electron chi connectivity index (χ3n) is 7.07. The largest absolute Gasteiger partial charge is 0.507 e. The number of Topliss-reactive ketones (excluding diaryl/α,β-unsaturated/α-hetero) is 4. The molecule has 6 unspecified atom stereocenters. The van der Waals surface area contributed by atoms with Crippen LogP contribution >= 0.6 is 0 Å². The number of primary amides is 1.